The number of nitrogens with one attached hydrogen (secondary N) is 1. The van der Waals surface area contributed by atoms with Crippen LogP contribution in [0.3, 0.4) is 0 Å². The first-order valence-electron chi connectivity index (χ1n) is 7.75. The van der Waals surface area contributed by atoms with Crippen LogP contribution in [-0.4, -0.2) is 54.5 Å². The maximum Gasteiger partial charge on any atom is 0.305 e. The van der Waals surface area contributed by atoms with Crippen molar-refractivity contribution in [3.63, 3.8) is 0 Å². The molecule has 0 aliphatic carbocycles. The van der Waals surface area contributed by atoms with Gasteiger partial charge in [0.1, 0.15) is 5.75 Å². The monoisotopic (exact) mass is 336 g/mol. The lowest BCUT2D eigenvalue weighted by Gasteiger charge is -2.24. The van der Waals surface area contributed by atoms with Crippen molar-refractivity contribution in [2.75, 3.05) is 26.7 Å². The van der Waals surface area contributed by atoms with E-state index in [-0.39, 0.29) is 37.2 Å². The molecule has 0 bridgehead atoms. The Morgan fingerprint density at radius 3 is 2.58 bits per heavy atom. The second-order valence-electron chi connectivity index (χ2n) is 5.79. The van der Waals surface area contributed by atoms with Crippen LogP contribution in [0.5, 0.6) is 5.75 Å². The molecule has 0 aromatic heterocycles. The molecule has 7 heteroatoms. The number of methoxy groups -OCH3 is 1. The molecule has 0 saturated carbocycles. The van der Waals surface area contributed by atoms with Gasteiger partial charge < -0.3 is 20.1 Å². The zero-order chi connectivity index (χ0) is 18.1. The van der Waals surface area contributed by atoms with Crippen LogP contribution in [0.4, 0.5) is 0 Å². The van der Waals surface area contributed by atoms with E-state index in [4.69, 9.17) is 9.84 Å². The lowest BCUT2D eigenvalue weighted by atomic mass is 10.2. The van der Waals surface area contributed by atoms with Crippen LogP contribution in [0.1, 0.15) is 30.6 Å². The summed E-state index contributed by atoms with van der Waals surface area (Å²) in [5, 5.41) is 11.3. The standard InChI is InChI=1S/C17H24N2O5/c1-12(2)11-19(8-7-16(21)22)15(20)10-18-17(23)13-5-4-6-14(9-13)24-3/h4-6,9,12H,7-8,10-11H2,1-3H3,(H,18,23)(H,21,22). The molecule has 0 spiro atoms. The molecule has 0 radical (unpaired) electrons. The first kappa shape index (κ1) is 19.5. The van der Waals surface area contributed by atoms with Gasteiger partial charge in [0.2, 0.25) is 5.91 Å². The molecule has 0 fully saturated rings. The van der Waals surface area contributed by atoms with Gasteiger partial charge in [-0.2, -0.15) is 0 Å². The molecule has 0 aliphatic heterocycles. The number of carbonyl (C=O) groups excluding carboxylic acids is 2. The highest BCUT2D eigenvalue weighted by Crippen LogP contribution is 2.12. The predicted octanol–water partition coefficient (Wildman–Crippen LogP) is 1.38. The van der Waals surface area contributed by atoms with E-state index in [0.29, 0.717) is 17.9 Å². The third-order valence-electron chi connectivity index (χ3n) is 3.27. The van der Waals surface area contributed by atoms with Gasteiger partial charge in [0.05, 0.1) is 20.1 Å². The van der Waals surface area contributed by atoms with Crippen molar-refractivity contribution < 1.29 is 24.2 Å². The van der Waals surface area contributed by atoms with Crippen molar-refractivity contribution in [1.29, 1.82) is 0 Å². The van der Waals surface area contributed by atoms with Gasteiger partial charge in [-0.25, -0.2) is 0 Å². The average molecular weight is 336 g/mol. The molecule has 0 atom stereocenters. The predicted molar refractivity (Wildman–Crippen MR) is 89.0 cm³/mol. The number of carboxylic acids is 1. The van der Waals surface area contributed by atoms with Gasteiger partial charge in [-0.05, 0) is 24.1 Å². The number of rotatable bonds is 9. The van der Waals surface area contributed by atoms with Gasteiger partial charge in [0, 0.05) is 18.7 Å². The van der Waals surface area contributed by atoms with E-state index in [1.807, 2.05) is 13.8 Å². The fourth-order valence-electron chi connectivity index (χ4n) is 2.12. The Balaban J connectivity index is 2.62. The fraction of sp³-hybridized carbons (Fsp3) is 0.471. The molecule has 0 unspecified atom stereocenters. The number of ether oxygens (including phenoxy) is 1. The van der Waals surface area contributed by atoms with E-state index < -0.39 is 5.97 Å². The Morgan fingerprint density at radius 1 is 1.29 bits per heavy atom. The summed E-state index contributed by atoms with van der Waals surface area (Å²) in [7, 11) is 1.51. The highest BCUT2D eigenvalue weighted by atomic mass is 16.5. The van der Waals surface area contributed by atoms with E-state index in [1.54, 1.807) is 24.3 Å². The third-order valence-corrected chi connectivity index (χ3v) is 3.27. The molecule has 1 aromatic carbocycles. The summed E-state index contributed by atoms with van der Waals surface area (Å²) in [6, 6.07) is 6.61. The van der Waals surface area contributed by atoms with Crippen LogP contribution in [0.2, 0.25) is 0 Å². The molecular formula is C17H24N2O5. The maximum atomic E-state index is 12.2. The van der Waals surface area contributed by atoms with Crippen LogP contribution in [0.15, 0.2) is 24.3 Å². The fourth-order valence-corrected chi connectivity index (χ4v) is 2.12. The minimum absolute atomic E-state index is 0.123. The van der Waals surface area contributed by atoms with Crippen LogP contribution in [-0.2, 0) is 9.59 Å². The topological polar surface area (TPSA) is 95.9 Å². The van der Waals surface area contributed by atoms with E-state index in [0.717, 1.165) is 0 Å². The lowest BCUT2D eigenvalue weighted by Crippen LogP contribution is -2.42. The first-order valence-corrected chi connectivity index (χ1v) is 7.75. The number of benzene rings is 1. The second kappa shape index (κ2) is 9.54. The molecule has 0 aliphatic rings. The van der Waals surface area contributed by atoms with Gasteiger partial charge in [-0.15, -0.1) is 0 Å². The molecule has 132 valence electrons. The summed E-state index contributed by atoms with van der Waals surface area (Å²) in [5.41, 5.74) is 0.392. The largest absolute Gasteiger partial charge is 0.497 e. The summed E-state index contributed by atoms with van der Waals surface area (Å²) in [6.45, 7) is 4.27. The number of aliphatic carboxylic acids is 1. The Labute approximate surface area is 141 Å². The SMILES string of the molecule is COc1cccc(C(=O)NCC(=O)N(CCC(=O)O)CC(C)C)c1. The van der Waals surface area contributed by atoms with Gasteiger partial charge in [0.25, 0.3) is 5.91 Å². The lowest BCUT2D eigenvalue weighted by molar-refractivity contribution is -0.138. The molecule has 0 saturated heterocycles. The quantitative estimate of drug-likeness (QED) is 0.710. The van der Waals surface area contributed by atoms with Gasteiger partial charge in [0.15, 0.2) is 0 Å². The van der Waals surface area contributed by atoms with Crippen LogP contribution in [0, 0.1) is 5.92 Å². The zero-order valence-corrected chi connectivity index (χ0v) is 14.2. The Bertz CT molecular complexity index is 586. The van der Waals surface area contributed by atoms with E-state index in [9.17, 15) is 14.4 Å². The molecule has 1 rings (SSSR count). The number of amides is 2. The van der Waals surface area contributed by atoms with Crippen LogP contribution >= 0.6 is 0 Å². The number of hydrogen-bond acceptors (Lipinski definition) is 4. The molecular weight excluding hydrogens is 312 g/mol. The number of hydrogen-bond donors (Lipinski definition) is 2. The zero-order valence-electron chi connectivity index (χ0n) is 14.2. The Hall–Kier alpha value is -2.57. The van der Waals surface area contributed by atoms with Crippen LogP contribution in [0.25, 0.3) is 0 Å². The van der Waals surface area contributed by atoms with Crippen LogP contribution < -0.4 is 10.1 Å². The molecule has 2 amide bonds. The smallest absolute Gasteiger partial charge is 0.305 e. The summed E-state index contributed by atoms with van der Waals surface area (Å²) >= 11 is 0. The first-order chi connectivity index (χ1) is 11.3. The number of carbonyl (C=O) groups is 3. The summed E-state index contributed by atoms with van der Waals surface area (Å²) in [4.78, 5) is 36.5. The minimum Gasteiger partial charge on any atom is -0.497 e. The Kier molecular flexibility index (Phi) is 7.74. The minimum atomic E-state index is -0.961. The maximum absolute atomic E-state index is 12.2. The average Bonchev–Trinajstić information content (AvgIpc) is 2.55. The molecule has 2 N–H and O–H groups in total. The van der Waals surface area contributed by atoms with Crippen molar-refractivity contribution in [2.24, 2.45) is 5.92 Å². The molecule has 0 heterocycles. The molecule has 7 nitrogen and oxygen atoms in total. The summed E-state index contributed by atoms with van der Waals surface area (Å²) < 4.78 is 5.06. The number of carboxylic acid groups (broad SMARTS) is 1. The van der Waals surface area contributed by atoms with Crippen molar-refractivity contribution >= 4 is 17.8 Å². The van der Waals surface area contributed by atoms with Gasteiger partial charge in [-0.1, -0.05) is 19.9 Å². The van der Waals surface area contributed by atoms with E-state index in [2.05, 4.69) is 5.32 Å². The van der Waals surface area contributed by atoms with Gasteiger partial charge in [-0.3, -0.25) is 14.4 Å². The normalized spacial score (nSPS) is 10.3. The third kappa shape index (κ3) is 6.68. The summed E-state index contributed by atoms with van der Waals surface area (Å²) in [6.07, 6.45) is -0.123. The molecule has 24 heavy (non-hydrogen) atoms. The van der Waals surface area contributed by atoms with Crippen molar-refractivity contribution in [3.05, 3.63) is 29.8 Å². The number of nitrogens with zero attached hydrogens (tertiary/aromatic N) is 1. The van der Waals surface area contributed by atoms with E-state index in [1.165, 1.54) is 12.0 Å². The second-order valence-corrected chi connectivity index (χ2v) is 5.79. The molecule has 1 aromatic rings. The van der Waals surface area contributed by atoms with E-state index >= 15 is 0 Å². The Morgan fingerprint density at radius 2 is 2.00 bits per heavy atom. The summed E-state index contributed by atoms with van der Waals surface area (Å²) in [5.74, 6) is -0.892. The highest BCUT2D eigenvalue weighted by molar-refractivity contribution is 5.96. The van der Waals surface area contributed by atoms with Crippen molar-refractivity contribution in [2.45, 2.75) is 20.3 Å². The highest BCUT2D eigenvalue weighted by Gasteiger charge is 2.17. The van der Waals surface area contributed by atoms with Gasteiger partial charge >= 0.3 is 5.97 Å². The van der Waals surface area contributed by atoms with Crippen molar-refractivity contribution in [1.82, 2.24) is 10.2 Å². The van der Waals surface area contributed by atoms with Crippen molar-refractivity contribution in [3.8, 4) is 5.75 Å².